The molecule has 1 fully saturated rings. The van der Waals surface area contributed by atoms with Gasteiger partial charge < -0.3 is 10.6 Å². The molecule has 0 bridgehead atoms. The molecule has 1 saturated heterocycles. The molecule has 2 N–H and O–H groups in total. The van der Waals surface area contributed by atoms with Gasteiger partial charge in [-0.15, -0.1) is 0 Å². The molecule has 23 heavy (non-hydrogen) atoms. The van der Waals surface area contributed by atoms with Crippen LogP contribution in [0.4, 0.5) is 5.95 Å². The number of hydrogen-bond donors (Lipinski definition) is 1. The third-order valence-corrected chi connectivity index (χ3v) is 4.55. The van der Waals surface area contributed by atoms with Crippen LogP contribution in [0.5, 0.6) is 0 Å². The van der Waals surface area contributed by atoms with Gasteiger partial charge in [0.15, 0.2) is 0 Å². The Morgan fingerprint density at radius 3 is 2.30 bits per heavy atom. The molecule has 0 amide bonds. The van der Waals surface area contributed by atoms with Crippen molar-refractivity contribution in [1.82, 2.24) is 14.9 Å². The van der Waals surface area contributed by atoms with Crippen molar-refractivity contribution in [3.8, 4) is 0 Å². The smallest absolute Gasteiger partial charge is 0.225 e. The first kappa shape index (κ1) is 15.9. The summed E-state index contributed by atoms with van der Waals surface area (Å²) in [5.41, 5.74) is 7.42. The molecule has 1 aliphatic rings. The Morgan fingerprint density at radius 1 is 0.957 bits per heavy atom. The van der Waals surface area contributed by atoms with Gasteiger partial charge in [0, 0.05) is 51.2 Å². The van der Waals surface area contributed by atoms with E-state index in [1.807, 2.05) is 6.07 Å². The van der Waals surface area contributed by atoms with Crippen molar-refractivity contribution in [2.75, 3.05) is 37.6 Å². The van der Waals surface area contributed by atoms with Gasteiger partial charge in [0.05, 0.1) is 0 Å². The van der Waals surface area contributed by atoms with E-state index in [0.717, 1.165) is 45.0 Å². The van der Waals surface area contributed by atoms with Gasteiger partial charge in [-0.05, 0) is 24.5 Å². The first-order chi connectivity index (χ1) is 11.4. The van der Waals surface area contributed by atoms with Crippen molar-refractivity contribution < 1.29 is 0 Å². The minimum Gasteiger partial charge on any atom is -0.338 e. The lowest BCUT2D eigenvalue weighted by Gasteiger charge is -2.39. The van der Waals surface area contributed by atoms with Crippen LogP contribution >= 0.6 is 0 Å². The van der Waals surface area contributed by atoms with E-state index < -0.39 is 0 Å². The Balaban J connectivity index is 1.51. The average Bonchev–Trinajstić information content (AvgIpc) is 2.64. The quantitative estimate of drug-likeness (QED) is 0.877. The van der Waals surface area contributed by atoms with Crippen LogP contribution in [-0.2, 0) is 6.42 Å². The summed E-state index contributed by atoms with van der Waals surface area (Å²) in [4.78, 5) is 13.4. The Labute approximate surface area is 138 Å². The van der Waals surface area contributed by atoms with Crippen molar-refractivity contribution in [2.45, 2.75) is 18.9 Å². The molecule has 0 radical (unpaired) electrons. The lowest BCUT2D eigenvalue weighted by Crippen LogP contribution is -2.52. The third-order valence-electron chi connectivity index (χ3n) is 4.55. The Hall–Kier alpha value is -1.98. The van der Waals surface area contributed by atoms with E-state index in [4.69, 9.17) is 5.73 Å². The van der Waals surface area contributed by atoms with Crippen LogP contribution in [0, 0.1) is 0 Å². The van der Waals surface area contributed by atoms with Crippen molar-refractivity contribution in [3.63, 3.8) is 0 Å². The molecule has 2 aromatic rings. The van der Waals surface area contributed by atoms with Gasteiger partial charge in [0.2, 0.25) is 5.95 Å². The number of piperazine rings is 1. The number of nitrogens with two attached hydrogens (primary N) is 1. The SMILES string of the molecule is NCC(CCc1ccccc1)N1CCN(c2ncccn2)CC1. The first-order valence-corrected chi connectivity index (χ1v) is 8.37. The number of hydrogen-bond acceptors (Lipinski definition) is 5. The van der Waals surface area contributed by atoms with Crippen LogP contribution in [0.3, 0.4) is 0 Å². The van der Waals surface area contributed by atoms with Crippen LogP contribution in [0.2, 0.25) is 0 Å². The zero-order chi connectivity index (χ0) is 15.9. The predicted octanol–water partition coefficient (Wildman–Crippen LogP) is 1.56. The number of aromatic nitrogens is 2. The van der Waals surface area contributed by atoms with Crippen molar-refractivity contribution >= 4 is 5.95 Å². The molecule has 0 spiro atoms. The zero-order valence-electron chi connectivity index (χ0n) is 13.5. The molecular weight excluding hydrogens is 286 g/mol. The second kappa shape index (κ2) is 8.04. The van der Waals surface area contributed by atoms with Crippen LogP contribution in [0.1, 0.15) is 12.0 Å². The minimum atomic E-state index is 0.453. The van der Waals surface area contributed by atoms with Crippen molar-refractivity contribution in [3.05, 3.63) is 54.4 Å². The summed E-state index contributed by atoms with van der Waals surface area (Å²) in [6.07, 6.45) is 5.81. The molecule has 0 aliphatic carbocycles. The lowest BCUT2D eigenvalue weighted by atomic mass is 10.0. The summed E-state index contributed by atoms with van der Waals surface area (Å²) >= 11 is 0. The van der Waals surface area contributed by atoms with Crippen LogP contribution in [-0.4, -0.2) is 53.6 Å². The van der Waals surface area contributed by atoms with Gasteiger partial charge >= 0.3 is 0 Å². The van der Waals surface area contributed by atoms with Crippen LogP contribution in [0.25, 0.3) is 0 Å². The molecule has 5 nitrogen and oxygen atoms in total. The number of aryl methyl sites for hydroxylation is 1. The Kier molecular flexibility index (Phi) is 5.56. The normalized spacial score (nSPS) is 17.2. The highest BCUT2D eigenvalue weighted by atomic mass is 15.3. The van der Waals surface area contributed by atoms with Gasteiger partial charge in [-0.2, -0.15) is 0 Å². The molecule has 2 heterocycles. The van der Waals surface area contributed by atoms with Gasteiger partial charge in [0.1, 0.15) is 0 Å². The van der Waals surface area contributed by atoms with Gasteiger partial charge in [-0.25, -0.2) is 9.97 Å². The highest BCUT2D eigenvalue weighted by Crippen LogP contribution is 2.15. The fourth-order valence-electron chi connectivity index (χ4n) is 3.17. The van der Waals surface area contributed by atoms with E-state index in [1.54, 1.807) is 12.4 Å². The van der Waals surface area contributed by atoms with E-state index >= 15 is 0 Å². The number of benzene rings is 1. The van der Waals surface area contributed by atoms with E-state index in [9.17, 15) is 0 Å². The fourth-order valence-corrected chi connectivity index (χ4v) is 3.17. The summed E-state index contributed by atoms with van der Waals surface area (Å²) in [6, 6.07) is 13.0. The van der Waals surface area contributed by atoms with Gasteiger partial charge in [-0.1, -0.05) is 30.3 Å². The van der Waals surface area contributed by atoms with Crippen molar-refractivity contribution in [1.29, 1.82) is 0 Å². The van der Waals surface area contributed by atoms with Gasteiger partial charge in [0.25, 0.3) is 0 Å². The summed E-state index contributed by atoms with van der Waals surface area (Å²) in [7, 11) is 0. The number of anilines is 1. The molecule has 1 atom stereocenters. The molecule has 3 rings (SSSR count). The topological polar surface area (TPSA) is 58.3 Å². The van der Waals surface area contributed by atoms with Crippen LogP contribution < -0.4 is 10.6 Å². The maximum atomic E-state index is 6.03. The molecule has 5 heteroatoms. The van der Waals surface area contributed by atoms with Crippen LogP contribution in [0.15, 0.2) is 48.8 Å². The number of nitrogens with zero attached hydrogens (tertiary/aromatic N) is 4. The standard InChI is InChI=1S/C18H25N5/c19-15-17(8-7-16-5-2-1-3-6-16)22-11-13-23(14-12-22)18-20-9-4-10-21-18/h1-6,9-10,17H,7-8,11-15,19H2. The second-order valence-corrected chi connectivity index (χ2v) is 5.99. The van der Waals surface area contributed by atoms with E-state index in [1.165, 1.54) is 5.56 Å². The molecule has 0 saturated carbocycles. The second-order valence-electron chi connectivity index (χ2n) is 5.99. The maximum absolute atomic E-state index is 6.03. The first-order valence-electron chi connectivity index (χ1n) is 8.37. The van der Waals surface area contributed by atoms with Gasteiger partial charge in [-0.3, -0.25) is 4.90 Å². The van der Waals surface area contributed by atoms with E-state index in [2.05, 4.69) is 50.1 Å². The minimum absolute atomic E-state index is 0.453. The lowest BCUT2D eigenvalue weighted by molar-refractivity contribution is 0.180. The summed E-state index contributed by atoms with van der Waals surface area (Å²) in [6.45, 7) is 4.69. The molecule has 1 unspecified atom stereocenters. The third kappa shape index (κ3) is 4.27. The van der Waals surface area contributed by atoms with Crippen molar-refractivity contribution in [2.24, 2.45) is 5.73 Å². The highest BCUT2D eigenvalue weighted by molar-refractivity contribution is 5.29. The number of rotatable bonds is 6. The van der Waals surface area contributed by atoms with E-state index in [-0.39, 0.29) is 0 Å². The zero-order valence-corrected chi connectivity index (χ0v) is 13.5. The molecular formula is C18H25N5. The Bertz CT molecular complexity index is 566. The molecule has 122 valence electrons. The maximum Gasteiger partial charge on any atom is 0.225 e. The predicted molar refractivity (Wildman–Crippen MR) is 93.4 cm³/mol. The average molecular weight is 311 g/mol. The Morgan fingerprint density at radius 2 is 1.65 bits per heavy atom. The largest absolute Gasteiger partial charge is 0.338 e. The molecule has 1 aromatic carbocycles. The summed E-state index contributed by atoms with van der Waals surface area (Å²) in [5.74, 6) is 0.834. The monoisotopic (exact) mass is 311 g/mol. The highest BCUT2D eigenvalue weighted by Gasteiger charge is 2.23. The summed E-state index contributed by atoms with van der Waals surface area (Å²) in [5, 5.41) is 0. The molecule has 1 aliphatic heterocycles. The van der Waals surface area contributed by atoms with E-state index in [0.29, 0.717) is 12.6 Å². The molecule has 1 aromatic heterocycles. The fraction of sp³-hybridized carbons (Fsp3) is 0.444. The summed E-state index contributed by atoms with van der Waals surface area (Å²) < 4.78 is 0.